The van der Waals surface area contributed by atoms with Crippen molar-refractivity contribution in [3.05, 3.63) is 64.4 Å². The van der Waals surface area contributed by atoms with Crippen molar-refractivity contribution >= 4 is 11.6 Å². The fourth-order valence-corrected chi connectivity index (χ4v) is 2.18. The van der Waals surface area contributed by atoms with Gasteiger partial charge in [0, 0.05) is 23.0 Å². The van der Waals surface area contributed by atoms with E-state index in [9.17, 15) is 13.2 Å². The van der Waals surface area contributed by atoms with Crippen LogP contribution in [0.5, 0.6) is 0 Å². The number of halogens is 4. The van der Waals surface area contributed by atoms with Crippen LogP contribution >= 0.6 is 11.6 Å². The van der Waals surface area contributed by atoms with Crippen LogP contribution in [0.4, 0.5) is 13.2 Å². The highest BCUT2D eigenvalue weighted by Crippen LogP contribution is 2.34. The molecule has 2 rings (SSSR count). The minimum atomic E-state index is -4.45. The normalized spacial score (nSPS) is 13.2. The molecule has 3 N–H and O–H groups in total. The zero-order chi connectivity index (χ0) is 15.5. The van der Waals surface area contributed by atoms with Gasteiger partial charge in [0.05, 0.1) is 11.6 Å². The Balaban J connectivity index is 2.32. The van der Waals surface area contributed by atoms with Crippen molar-refractivity contribution in [3.63, 3.8) is 0 Å². The molecule has 1 unspecified atom stereocenters. The molecular weight excluding hydrogens is 303 g/mol. The number of alkyl halides is 3. The van der Waals surface area contributed by atoms with E-state index in [1.54, 1.807) is 24.3 Å². The number of pyridine rings is 1. The summed E-state index contributed by atoms with van der Waals surface area (Å²) in [5.74, 6) is 5.42. The largest absolute Gasteiger partial charge is 0.416 e. The van der Waals surface area contributed by atoms with Gasteiger partial charge >= 0.3 is 6.18 Å². The van der Waals surface area contributed by atoms with E-state index in [1.165, 1.54) is 6.20 Å². The molecule has 0 amide bonds. The van der Waals surface area contributed by atoms with Gasteiger partial charge in [0.15, 0.2) is 0 Å². The molecule has 0 saturated carbocycles. The van der Waals surface area contributed by atoms with Crippen LogP contribution in [0.15, 0.2) is 42.7 Å². The second-order valence-corrected chi connectivity index (χ2v) is 4.95. The maximum Gasteiger partial charge on any atom is 0.416 e. The SMILES string of the molecule is NNC(Cc1ccc(Cl)cc1)c1cnccc1C(F)(F)F. The average molecular weight is 316 g/mol. The third kappa shape index (κ3) is 3.93. The lowest BCUT2D eigenvalue weighted by Gasteiger charge is -2.20. The number of hydrogen-bond acceptors (Lipinski definition) is 3. The number of aromatic nitrogens is 1. The third-order valence-electron chi connectivity index (χ3n) is 3.09. The average Bonchev–Trinajstić information content (AvgIpc) is 2.46. The summed E-state index contributed by atoms with van der Waals surface area (Å²) < 4.78 is 39.1. The van der Waals surface area contributed by atoms with Crippen LogP contribution < -0.4 is 11.3 Å². The summed E-state index contributed by atoms with van der Waals surface area (Å²) in [4.78, 5) is 3.77. The summed E-state index contributed by atoms with van der Waals surface area (Å²) in [5.41, 5.74) is 2.51. The monoisotopic (exact) mass is 315 g/mol. The highest BCUT2D eigenvalue weighted by atomic mass is 35.5. The molecule has 3 nitrogen and oxygen atoms in total. The number of nitrogens with two attached hydrogens (primary N) is 1. The first kappa shape index (κ1) is 15.8. The summed E-state index contributed by atoms with van der Waals surface area (Å²) in [6.07, 6.45) is -1.86. The first-order valence-electron chi connectivity index (χ1n) is 6.13. The molecule has 21 heavy (non-hydrogen) atoms. The van der Waals surface area contributed by atoms with Gasteiger partial charge in [-0.1, -0.05) is 23.7 Å². The van der Waals surface area contributed by atoms with Crippen molar-refractivity contribution in [1.29, 1.82) is 0 Å². The van der Waals surface area contributed by atoms with E-state index in [4.69, 9.17) is 17.4 Å². The predicted octanol–water partition coefficient (Wildman–Crippen LogP) is 3.50. The number of nitrogens with zero attached hydrogens (tertiary/aromatic N) is 1. The van der Waals surface area contributed by atoms with Gasteiger partial charge < -0.3 is 0 Å². The minimum Gasteiger partial charge on any atom is -0.271 e. The Labute approximate surface area is 124 Å². The molecule has 0 aliphatic heterocycles. The van der Waals surface area contributed by atoms with Crippen LogP contribution in [0.25, 0.3) is 0 Å². The molecule has 1 heterocycles. The van der Waals surface area contributed by atoms with Crippen LogP contribution in [0.2, 0.25) is 5.02 Å². The Hall–Kier alpha value is -1.63. The second-order valence-electron chi connectivity index (χ2n) is 4.51. The molecule has 0 aliphatic carbocycles. The number of benzene rings is 1. The topological polar surface area (TPSA) is 50.9 Å². The van der Waals surface area contributed by atoms with Gasteiger partial charge in [0.2, 0.25) is 0 Å². The summed E-state index contributed by atoms with van der Waals surface area (Å²) in [7, 11) is 0. The number of nitrogens with one attached hydrogen (secondary N) is 1. The predicted molar refractivity (Wildman–Crippen MR) is 74.5 cm³/mol. The molecule has 2 aromatic rings. The molecule has 7 heteroatoms. The lowest BCUT2D eigenvalue weighted by atomic mass is 9.96. The smallest absolute Gasteiger partial charge is 0.271 e. The highest BCUT2D eigenvalue weighted by molar-refractivity contribution is 6.30. The molecule has 112 valence electrons. The number of hydrogen-bond donors (Lipinski definition) is 2. The molecule has 1 aromatic carbocycles. The maximum atomic E-state index is 13.0. The highest BCUT2D eigenvalue weighted by Gasteiger charge is 2.35. The van der Waals surface area contributed by atoms with Crippen molar-refractivity contribution in [2.24, 2.45) is 5.84 Å². The summed E-state index contributed by atoms with van der Waals surface area (Å²) >= 11 is 5.79. The van der Waals surface area contributed by atoms with Gasteiger partial charge in [-0.05, 0) is 30.2 Å². The molecule has 0 radical (unpaired) electrons. The third-order valence-corrected chi connectivity index (χ3v) is 3.34. The lowest BCUT2D eigenvalue weighted by Crippen LogP contribution is -2.31. The molecule has 0 fully saturated rings. The Morgan fingerprint density at radius 1 is 1.19 bits per heavy atom. The van der Waals surface area contributed by atoms with Crippen molar-refractivity contribution in [2.75, 3.05) is 0 Å². The van der Waals surface area contributed by atoms with Gasteiger partial charge in [-0.3, -0.25) is 16.3 Å². The van der Waals surface area contributed by atoms with Gasteiger partial charge in [0.1, 0.15) is 0 Å². The molecule has 1 atom stereocenters. The zero-order valence-corrected chi connectivity index (χ0v) is 11.6. The van der Waals surface area contributed by atoms with Crippen molar-refractivity contribution in [2.45, 2.75) is 18.6 Å². The van der Waals surface area contributed by atoms with Crippen molar-refractivity contribution < 1.29 is 13.2 Å². The van der Waals surface area contributed by atoms with E-state index in [0.717, 1.165) is 17.8 Å². The molecule has 0 spiro atoms. The molecule has 0 aliphatic rings. The van der Waals surface area contributed by atoms with E-state index < -0.39 is 17.8 Å². The van der Waals surface area contributed by atoms with Gasteiger partial charge in [0.25, 0.3) is 0 Å². The Kier molecular flexibility index (Phi) is 4.82. The first-order chi connectivity index (χ1) is 9.91. The van der Waals surface area contributed by atoms with E-state index in [0.29, 0.717) is 11.4 Å². The zero-order valence-electron chi connectivity index (χ0n) is 10.9. The van der Waals surface area contributed by atoms with Crippen LogP contribution in [0.1, 0.15) is 22.7 Å². The summed E-state index contributed by atoms with van der Waals surface area (Å²) in [5, 5.41) is 0.563. The van der Waals surface area contributed by atoms with Crippen LogP contribution in [-0.2, 0) is 12.6 Å². The van der Waals surface area contributed by atoms with Crippen molar-refractivity contribution in [3.8, 4) is 0 Å². The molecule has 0 bridgehead atoms. The van der Waals surface area contributed by atoms with E-state index in [2.05, 4.69) is 10.4 Å². The van der Waals surface area contributed by atoms with E-state index in [-0.39, 0.29) is 5.56 Å². The molecule has 1 aromatic heterocycles. The Morgan fingerprint density at radius 3 is 2.43 bits per heavy atom. The lowest BCUT2D eigenvalue weighted by molar-refractivity contribution is -0.138. The Bertz CT molecular complexity index is 599. The van der Waals surface area contributed by atoms with Gasteiger partial charge in [-0.25, -0.2) is 0 Å². The van der Waals surface area contributed by atoms with E-state index in [1.807, 2.05) is 0 Å². The number of rotatable bonds is 4. The van der Waals surface area contributed by atoms with Gasteiger partial charge in [-0.2, -0.15) is 13.2 Å². The quantitative estimate of drug-likeness (QED) is 0.670. The summed E-state index contributed by atoms with van der Waals surface area (Å²) in [6.45, 7) is 0. The number of hydrazine groups is 1. The van der Waals surface area contributed by atoms with Gasteiger partial charge in [-0.15, -0.1) is 0 Å². The van der Waals surface area contributed by atoms with E-state index >= 15 is 0 Å². The molecular formula is C14H13ClF3N3. The Morgan fingerprint density at radius 2 is 1.86 bits per heavy atom. The van der Waals surface area contributed by atoms with Crippen LogP contribution in [-0.4, -0.2) is 4.98 Å². The minimum absolute atomic E-state index is 0.0162. The maximum absolute atomic E-state index is 13.0. The van der Waals surface area contributed by atoms with Crippen LogP contribution in [0.3, 0.4) is 0 Å². The summed E-state index contributed by atoms with van der Waals surface area (Å²) in [6, 6.07) is 7.10. The fraction of sp³-hybridized carbons (Fsp3) is 0.214. The first-order valence-corrected chi connectivity index (χ1v) is 6.51. The standard InChI is InChI=1S/C14H13ClF3N3/c15-10-3-1-9(2-4-10)7-13(21-19)11-8-20-6-5-12(11)14(16,17)18/h1-6,8,13,21H,7,19H2. The van der Waals surface area contributed by atoms with Crippen molar-refractivity contribution in [1.82, 2.24) is 10.4 Å². The molecule has 0 saturated heterocycles. The fourth-order valence-electron chi connectivity index (χ4n) is 2.06. The second kappa shape index (κ2) is 6.43. The van der Waals surface area contributed by atoms with Crippen LogP contribution in [0, 0.1) is 0 Å².